The van der Waals surface area contributed by atoms with Crippen molar-refractivity contribution in [3.8, 4) is 0 Å². The summed E-state index contributed by atoms with van der Waals surface area (Å²) in [7, 11) is -0.901. The van der Waals surface area contributed by atoms with Crippen LogP contribution in [0.3, 0.4) is 0 Å². The fourth-order valence-corrected chi connectivity index (χ4v) is 5.08. The third-order valence-corrected chi connectivity index (χ3v) is 7.48. The molecule has 0 aromatic heterocycles. The maximum Gasteiger partial charge on any atom is 0.0634 e. The molecule has 0 radical (unpaired) electrons. The van der Waals surface area contributed by atoms with Crippen molar-refractivity contribution >= 4 is 25.9 Å². The van der Waals surface area contributed by atoms with E-state index >= 15 is 0 Å². The second-order valence-electron chi connectivity index (χ2n) is 5.80. The first-order valence-corrected chi connectivity index (χ1v) is 11.0. The zero-order valence-electron chi connectivity index (χ0n) is 10.9. The smallest absolute Gasteiger partial charge is 0.0634 e. The van der Waals surface area contributed by atoms with E-state index in [1.54, 1.807) is 0 Å². The van der Waals surface area contributed by atoms with E-state index in [2.05, 4.69) is 72.8 Å². The summed E-state index contributed by atoms with van der Waals surface area (Å²) in [6, 6.07) is 8.66. The largest absolute Gasteiger partial charge is 0.364 e. The summed E-state index contributed by atoms with van der Waals surface area (Å²) in [6.45, 7) is 8.36. The topological polar surface area (TPSA) is 3.24 Å². The minimum absolute atomic E-state index is 0.901. The molecule has 0 saturated carbocycles. The Morgan fingerprint density at radius 1 is 1.24 bits per heavy atom. The molecule has 2 rings (SSSR count). The van der Waals surface area contributed by atoms with Crippen molar-refractivity contribution in [2.45, 2.75) is 26.2 Å². The molecule has 0 bridgehead atoms. The summed E-state index contributed by atoms with van der Waals surface area (Å²) in [4.78, 5) is 2.41. The number of thioether (sulfide) groups is 1. The summed E-state index contributed by atoms with van der Waals surface area (Å²) in [5, 5.41) is 1.35. The third-order valence-electron chi connectivity index (χ3n) is 2.69. The number of nitrogens with zero attached hydrogens (tertiary/aromatic N) is 1. The first-order valence-electron chi connectivity index (χ1n) is 6.12. The molecule has 1 aromatic carbocycles. The lowest BCUT2D eigenvalue weighted by molar-refractivity contribution is 0.431. The van der Waals surface area contributed by atoms with Crippen LogP contribution in [0.25, 0.3) is 6.08 Å². The van der Waals surface area contributed by atoms with E-state index in [1.807, 2.05) is 0 Å². The summed E-state index contributed by atoms with van der Waals surface area (Å²) in [5.74, 6) is 1.12. The van der Waals surface area contributed by atoms with Gasteiger partial charge >= 0.3 is 0 Å². The second-order valence-corrected chi connectivity index (χ2v) is 12.7. The van der Waals surface area contributed by atoms with Gasteiger partial charge in [-0.2, -0.15) is 0 Å². The normalized spacial score (nSPS) is 14.9. The van der Waals surface area contributed by atoms with Crippen LogP contribution in [-0.4, -0.2) is 24.2 Å². The van der Waals surface area contributed by atoms with E-state index in [0.29, 0.717) is 0 Å². The van der Waals surface area contributed by atoms with Gasteiger partial charge in [-0.25, -0.2) is 0 Å². The van der Waals surface area contributed by atoms with E-state index in [1.165, 1.54) is 16.5 Å². The quantitative estimate of drug-likeness (QED) is 0.754. The molecule has 1 aliphatic heterocycles. The molecule has 0 unspecified atom stereocenters. The van der Waals surface area contributed by atoms with Crippen LogP contribution < -0.4 is 0 Å². The van der Waals surface area contributed by atoms with Gasteiger partial charge in [-0.1, -0.05) is 43.9 Å². The van der Waals surface area contributed by atoms with Gasteiger partial charge in [0.25, 0.3) is 0 Å². The minimum Gasteiger partial charge on any atom is -0.364 e. The molecular weight excluding hydrogens is 242 g/mol. The van der Waals surface area contributed by atoms with E-state index < -0.39 is 8.07 Å². The van der Waals surface area contributed by atoms with Gasteiger partial charge in [0.15, 0.2) is 0 Å². The lowest BCUT2D eigenvalue weighted by Crippen LogP contribution is -2.26. The van der Waals surface area contributed by atoms with Gasteiger partial charge in [0.2, 0.25) is 0 Å². The standard InChI is InChI=1S/C14H21NSSi/c1-17(2,3)12-16-11-15-9-8-13-6-4-5-7-14(13)10-15/h4-9H,10-12H2,1-3H3. The molecule has 1 nitrogen and oxygen atoms in total. The van der Waals surface area contributed by atoms with Crippen LogP contribution in [0.1, 0.15) is 11.1 Å². The third kappa shape index (κ3) is 3.93. The van der Waals surface area contributed by atoms with Gasteiger partial charge in [-0.15, -0.1) is 11.8 Å². The van der Waals surface area contributed by atoms with Crippen LogP contribution in [0.5, 0.6) is 0 Å². The zero-order valence-corrected chi connectivity index (χ0v) is 12.8. The first-order chi connectivity index (χ1) is 8.04. The van der Waals surface area contributed by atoms with Gasteiger partial charge < -0.3 is 4.90 Å². The second kappa shape index (κ2) is 5.32. The van der Waals surface area contributed by atoms with Gasteiger partial charge in [-0.05, 0) is 22.6 Å². The highest BCUT2D eigenvalue weighted by molar-refractivity contribution is 8.00. The number of hydrogen-bond acceptors (Lipinski definition) is 2. The molecule has 3 heteroatoms. The molecule has 17 heavy (non-hydrogen) atoms. The highest BCUT2D eigenvalue weighted by Gasteiger charge is 2.14. The van der Waals surface area contributed by atoms with Crippen LogP contribution in [0.2, 0.25) is 19.6 Å². The first kappa shape index (κ1) is 12.8. The summed E-state index contributed by atoms with van der Waals surface area (Å²) >= 11 is 2.08. The molecule has 1 aliphatic rings. The molecule has 92 valence electrons. The summed E-state index contributed by atoms with van der Waals surface area (Å²) in [6.07, 6.45) is 4.47. The summed E-state index contributed by atoms with van der Waals surface area (Å²) in [5.41, 5.74) is 2.82. The Morgan fingerprint density at radius 3 is 2.76 bits per heavy atom. The van der Waals surface area contributed by atoms with Crippen molar-refractivity contribution in [1.29, 1.82) is 0 Å². The van der Waals surface area contributed by atoms with Gasteiger partial charge in [0.1, 0.15) is 0 Å². The molecular formula is C14H21NSSi. The number of fused-ring (bicyclic) bond motifs is 1. The van der Waals surface area contributed by atoms with E-state index in [0.717, 1.165) is 12.4 Å². The Balaban J connectivity index is 1.87. The van der Waals surface area contributed by atoms with Crippen molar-refractivity contribution in [2.24, 2.45) is 0 Å². The van der Waals surface area contributed by atoms with Crippen molar-refractivity contribution in [2.75, 3.05) is 11.3 Å². The molecule has 0 N–H and O–H groups in total. The Labute approximate surface area is 110 Å². The van der Waals surface area contributed by atoms with Crippen LogP contribution in [0.15, 0.2) is 30.5 Å². The van der Waals surface area contributed by atoms with Crippen LogP contribution >= 0.6 is 11.8 Å². The van der Waals surface area contributed by atoms with E-state index in [9.17, 15) is 0 Å². The van der Waals surface area contributed by atoms with Crippen LogP contribution in [-0.2, 0) is 6.54 Å². The van der Waals surface area contributed by atoms with E-state index in [-0.39, 0.29) is 0 Å². The molecule has 0 aliphatic carbocycles. The average molecular weight is 263 g/mol. The molecule has 0 saturated heterocycles. The number of benzene rings is 1. The Morgan fingerprint density at radius 2 is 2.00 bits per heavy atom. The maximum absolute atomic E-state index is 2.43. The Bertz CT molecular complexity index is 409. The van der Waals surface area contributed by atoms with Gasteiger partial charge in [0, 0.05) is 12.7 Å². The van der Waals surface area contributed by atoms with Crippen molar-refractivity contribution in [3.63, 3.8) is 0 Å². The maximum atomic E-state index is 2.43. The lowest BCUT2D eigenvalue weighted by Gasteiger charge is -2.26. The number of hydrogen-bond donors (Lipinski definition) is 0. The highest BCUT2D eigenvalue weighted by Crippen LogP contribution is 2.21. The fourth-order valence-electron chi connectivity index (χ4n) is 1.86. The van der Waals surface area contributed by atoms with Gasteiger partial charge in [-0.3, -0.25) is 0 Å². The SMILES string of the molecule is C[Si](C)(C)CSCN1C=Cc2ccccc2C1. The highest BCUT2D eigenvalue weighted by atomic mass is 32.2. The zero-order chi connectivity index (χ0) is 12.3. The average Bonchev–Trinajstić information content (AvgIpc) is 2.27. The molecule has 0 spiro atoms. The van der Waals surface area contributed by atoms with Crippen molar-refractivity contribution in [3.05, 3.63) is 41.6 Å². The summed E-state index contributed by atoms with van der Waals surface area (Å²) < 4.78 is 0. The van der Waals surface area contributed by atoms with Crippen LogP contribution in [0, 0.1) is 0 Å². The minimum atomic E-state index is -0.901. The molecule has 1 aromatic rings. The Kier molecular flexibility index (Phi) is 3.99. The predicted octanol–water partition coefficient (Wildman–Crippen LogP) is 4.04. The van der Waals surface area contributed by atoms with E-state index in [4.69, 9.17) is 0 Å². The molecule has 0 atom stereocenters. The lowest BCUT2D eigenvalue weighted by atomic mass is 10.1. The van der Waals surface area contributed by atoms with Crippen LogP contribution in [0.4, 0.5) is 0 Å². The Hall–Kier alpha value is -0.673. The van der Waals surface area contributed by atoms with Crippen molar-refractivity contribution in [1.82, 2.24) is 4.90 Å². The number of rotatable bonds is 4. The molecule has 0 amide bonds. The fraction of sp³-hybridized carbons (Fsp3) is 0.429. The van der Waals surface area contributed by atoms with Crippen molar-refractivity contribution < 1.29 is 0 Å². The molecule has 1 heterocycles. The predicted molar refractivity (Wildman–Crippen MR) is 81.7 cm³/mol. The van der Waals surface area contributed by atoms with Gasteiger partial charge in [0.05, 0.1) is 14.0 Å². The monoisotopic (exact) mass is 263 g/mol. The molecule has 0 fully saturated rings.